The number of benzene rings is 1. The average Bonchev–Trinajstić information content (AvgIpc) is 2.30. The molecule has 1 aliphatic rings. The summed E-state index contributed by atoms with van der Waals surface area (Å²) in [5.74, 6) is 0. The summed E-state index contributed by atoms with van der Waals surface area (Å²) in [5.41, 5.74) is 2.89. The second-order valence-electron chi connectivity index (χ2n) is 3.92. The summed E-state index contributed by atoms with van der Waals surface area (Å²) in [6.45, 7) is 5.89. The zero-order valence-electron chi connectivity index (χ0n) is 9.41. The number of aryl methyl sites for hydroxylation is 1. The van der Waals surface area contributed by atoms with Crippen molar-refractivity contribution in [3.8, 4) is 0 Å². The number of para-hydroxylation sites is 1. The molecule has 0 spiro atoms. The van der Waals surface area contributed by atoms with Gasteiger partial charge in [0.15, 0.2) is 0 Å². The van der Waals surface area contributed by atoms with Gasteiger partial charge in [0.25, 0.3) is 0 Å². The van der Waals surface area contributed by atoms with E-state index < -0.39 is 0 Å². The van der Waals surface area contributed by atoms with Crippen molar-refractivity contribution in [3.05, 3.63) is 29.8 Å². The van der Waals surface area contributed by atoms with Gasteiger partial charge in [0.2, 0.25) is 0 Å². The van der Waals surface area contributed by atoms with Gasteiger partial charge < -0.3 is 9.64 Å². The average molecular weight is 205 g/mol. The molecule has 1 aromatic rings. The Morgan fingerprint density at radius 1 is 1.33 bits per heavy atom. The lowest BCUT2D eigenvalue weighted by Crippen LogP contribution is -2.32. The summed E-state index contributed by atoms with van der Waals surface area (Å²) in [4.78, 5) is 2.44. The summed E-state index contributed by atoms with van der Waals surface area (Å²) in [6, 6.07) is 8.71. The zero-order valence-corrected chi connectivity index (χ0v) is 9.41. The topological polar surface area (TPSA) is 12.5 Å². The van der Waals surface area contributed by atoms with Crippen LogP contribution in [0.3, 0.4) is 0 Å². The Balaban J connectivity index is 2.02. The molecule has 2 nitrogen and oxygen atoms in total. The highest BCUT2D eigenvalue weighted by Gasteiger charge is 2.15. The van der Waals surface area contributed by atoms with E-state index in [-0.39, 0.29) is 0 Å². The van der Waals surface area contributed by atoms with Gasteiger partial charge in [-0.05, 0) is 31.4 Å². The number of ether oxygens (including phenoxy) is 1. The van der Waals surface area contributed by atoms with E-state index >= 15 is 0 Å². The molecule has 2 heteroatoms. The molecule has 0 atom stereocenters. The van der Waals surface area contributed by atoms with E-state index in [9.17, 15) is 0 Å². The third-order valence-electron chi connectivity index (χ3n) is 2.92. The van der Waals surface area contributed by atoms with Gasteiger partial charge in [-0.15, -0.1) is 0 Å². The van der Waals surface area contributed by atoms with Crippen LogP contribution in [0.4, 0.5) is 5.69 Å². The number of anilines is 1. The molecule has 82 valence electrons. The van der Waals surface area contributed by atoms with Crippen LogP contribution >= 0.6 is 0 Å². The van der Waals surface area contributed by atoms with Gasteiger partial charge in [-0.3, -0.25) is 0 Å². The molecular formula is C13H19NO. The standard InChI is InChI=1S/C13H19NO/c1-2-15-11-10-14-9-5-7-12-6-3-4-8-13(12)14/h3-4,6,8H,2,5,7,9-11H2,1H3. The van der Waals surface area contributed by atoms with Gasteiger partial charge in [-0.2, -0.15) is 0 Å². The van der Waals surface area contributed by atoms with Crippen LogP contribution in [0.5, 0.6) is 0 Å². The van der Waals surface area contributed by atoms with Crippen molar-refractivity contribution in [2.24, 2.45) is 0 Å². The first-order valence-electron chi connectivity index (χ1n) is 5.82. The molecule has 0 saturated carbocycles. The summed E-state index contributed by atoms with van der Waals surface area (Å²) >= 11 is 0. The molecule has 0 bridgehead atoms. The van der Waals surface area contributed by atoms with Gasteiger partial charge in [0.05, 0.1) is 6.61 Å². The summed E-state index contributed by atoms with van der Waals surface area (Å²) in [7, 11) is 0. The Kier molecular flexibility index (Phi) is 3.62. The van der Waals surface area contributed by atoms with Crippen LogP contribution in [0.25, 0.3) is 0 Å². The molecule has 1 aliphatic heterocycles. The Morgan fingerprint density at radius 2 is 2.20 bits per heavy atom. The first-order chi connectivity index (χ1) is 7.42. The Labute approximate surface area is 91.9 Å². The van der Waals surface area contributed by atoms with Crippen molar-refractivity contribution >= 4 is 5.69 Å². The summed E-state index contributed by atoms with van der Waals surface area (Å²) in [6.07, 6.45) is 2.49. The first-order valence-corrected chi connectivity index (χ1v) is 5.82. The van der Waals surface area contributed by atoms with E-state index in [2.05, 4.69) is 29.2 Å². The van der Waals surface area contributed by atoms with Crippen LogP contribution in [0.15, 0.2) is 24.3 Å². The van der Waals surface area contributed by atoms with Crippen LogP contribution in [-0.4, -0.2) is 26.3 Å². The highest BCUT2D eigenvalue weighted by atomic mass is 16.5. The molecule has 0 radical (unpaired) electrons. The molecule has 0 saturated heterocycles. The maximum atomic E-state index is 5.41. The Morgan fingerprint density at radius 3 is 3.07 bits per heavy atom. The second-order valence-corrected chi connectivity index (χ2v) is 3.92. The first kappa shape index (κ1) is 10.5. The third-order valence-corrected chi connectivity index (χ3v) is 2.92. The largest absolute Gasteiger partial charge is 0.380 e. The van der Waals surface area contributed by atoms with Crippen molar-refractivity contribution in [2.45, 2.75) is 19.8 Å². The molecule has 2 rings (SSSR count). The maximum Gasteiger partial charge on any atom is 0.0641 e. The number of fused-ring (bicyclic) bond motifs is 1. The van der Waals surface area contributed by atoms with Crippen LogP contribution in [-0.2, 0) is 11.2 Å². The molecule has 0 aliphatic carbocycles. The predicted octanol–water partition coefficient (Wildman–Crippen LogP) is 2.48. The molecule has 0 fully saturated rings. The van der Waals surface area contributed by atoms with E-state index in [4.69, 9.17) is 4.74 Å². The van der Waals surface area contributed by atoms with Gasteiger partial charge >= 0.3 is 0 Å². The number of hydrogen-bond donors (Lipinski definition) is 0. The number of rotatable bonds is 4. The predicted molar refractivity (Wildman–Crippen MR) is 63.5 cm³/mol. The van der Waals surface area contributed by atoms with Crippen molar-refractivity contribution in [1.82, 2.24) is 0 Å². The summed E-state index contributed by atoms with van der Waals surface area (Å²) < 4.78 is 5.41. The molecule has 15 heavy (non-hydrogen) atoms. The Bertz CT molecular complexity index is 311. The van der Waals surface area contributed by atoms with E-state index in [1.165, 1.54) is 30.6 Å². The van der Waals surface area contributed by atoms with Crippen LogP contribution in [0, 0.1) is 0 Å². The van der Waals surface area contributed by atoms with Crippen LogP contribution in [0.1, 0.15) is 18.9 Å². The second kappa shape index (κ2) is 5.17. The minimum absolute atomic E-state index is 0.815. The molecule has 0 amide bonds. The van der Waals surface area contributed by atoms with E-state index in [1.807, 2.05) is 6.92 Å². The summed E-state index contributed by atoms with van der Waals surface area (Å²) in [5, 5.41) is 0. The lowest BCUT2D eigenvalue weighted by atomic mass is 10.0. The quantitative estimate of drug-likeness (QED) is 0.700. The smallest absolute Gasteiger partial charge is 0.0641 e. The maximum absolute atomic E-state index is 5.41. The van der Waals surface area contributed by atoms with Gasteiger partial charge in [0, 0.05) is 25.4 Å². The fourth-order valence-electron chi connectivity index (χ4n) is 2.16. The minimum Gasteiger partial charge on any atom is -0.380 e. The SMILES string of the molecule is CCOCCN1CCCc2ccccc21. The van der Waals surface area contributed by atoms with E-state index in [0.717, 1.165) is 19.8 Å². The normalized spacial score (nSPS) is 15.1. The lowest BCUT2D eigenvalue weighted by Gasteiger charge is -2.31. The van der Waals surface area contributed by atoms with Crippen LogP contribution < -0.4 is 4.90 Å². The van der Waals surface area contributed by atoms with E-state index in [1.54, 1.807) is 0 Å². The Hall–Kier alpha value is -1.02. The lowest BCUT2D eigenvalue weighted by molar-refractivity contribution is 0.153. The van der Waals surface area contributed by atoms with Crippen molar-refractivity contribution in [2.75, 3.05) is 31.2 Å². The van der Waals surface area contributed by atoms with Gasteiger partial charge in [-0.1, -0.05) is 18.2 Å². The fourth-order valence-corrected chi connectivity index (χ4v) is 2.16. The van der Waals surface area contributed by atoms with Crippen LogP contribution in [0.2, 0.25) is 0 Å². The molecule has 0 aromatic heterocycles. The number of hydrogen-bond acceptors (Lipinski definition) is 2. The molecule has 0 unspecified atom stereocenters. The highest BCUT2D eigenvalue weighted by Crippen LogP contribution is 2.25. The molecular weight excluding hydrogens is 186 g/mol. The van der Waals surface area contributed by atoms with Crippen molar-refractivity contribution in [3.63, 3.8) is 0 Å². The van der Waals surface area contributed by atoms with Crippen molar-refractivity contribution < 1.29 is 4.74 Å². The number of nitrogens with zero attached hydrogens (tertiary/aromatic N) is 1. The fraction of sp³-hybridized carbons (Fsp3) is 0.538. The third kappa shape index (κ3) is 2.51. The van der Waals surface area contributed by atoms with Gasteiger partial charge in [-0.25, -0.2) is 0 Å². The van der Waals surface area contributed by atoms with Crippen molar-refractivity contribution in [1.29, 1.82) is 0 Å². The molecule has 1 aromatic carbocycles. The zero-order chi connectivity index (χ0) is 10.5. The van der Waals surface area contributed by atoms with Gasteiger partial charge in [0.1, 0.15) is 0 Å². The monoisotopic (exact) mass is 205 g/mol. The van der Waals surface area contributed by atoms with E-state index in [0.29, 0.717) is 0 Å². The molecule has 0 N–H and O–H groups in total. The highest BCUT2D eigenvalue weighted by molar-refractivity contribution is 5.55. The minimum atomic E-state index is 0.815. The molecule has 1 heterocycles.